The summed E-state index contributed by atoms with van der Waals surface area (Å²) < 4.78 is 10.1. The third-order valence-electron chi connectivity index (χ3n) is 3.51. The van der Waals surface area contributed by atoms with E-state index in [4.69, 9.17) is 32.7 Å². The number of benzene rings is 1. The lowest BCUT2D eigenvalue weighted by Crippen LogP contribution is -2.20. The number of rotatable bonds is 8. The van der Waals surface area contributed by atoms with Gasteiger partial charge in [0.25, 0.3) is 0 Å². The van der Waals surface area contributed by atoms with E-state index in [2.05, 4.69) is 10.3 Å². The lowest BCUT2D eigenvalue weighted by Gasteiger charge is -2.09. The number of methoxy groups -OCH3 is 1. The molecule has 0 aliphatic carbocycles. The Kier molecular flexibility index (Phi) is 7.64. The number of halogens is 2. The smallest absolute Gasteiger partial charge is 0.343 e. The van der Waals surface area contributed by atoms with Crippen LogP contribution in [0, 0.1) is 0 Å². The third kappa shape index (κ3) is 5.45. The van der Waals surface area contributed by atoms with Crippen molar-refractivity contribution in [3.8, 4) is 5.75 Å². The molecular weight excluding hydrogens is 391 g/mol. The number of nitrogens with zero attached hydrogens (tertiary/aromatic N) is 1. The van der Waals surface area contributed by atoms with Crippen molar-refractivity contribution in [3.63, 3.8) is 0 Å². The highest BCUT2D eigenvalue weighted by Crippen LogP contribution is 2.25. The van der Waals surface area contributed by atoms with Crippen molar-refractivity contribution in [1.82, 2.24) is 10.3 Å². The van der Waals surface area contributed by atoms with Crippen LogP contribution in [0.25, 0.3) is 0 Å². The Bertz CT molecular complexity index is 851. The van der Waals surface area contributed by atoms with E-state index >= 15 is 0 Å². The highest BCUT2D eigenvalue weighted by molar-refractivity contribution is 6.44. The second kappa shape index (κ2) is 9.94. The molecule has 0 aliphatic rings. The molecule has 0 fully saturated rings. The van der Waals surface area contributed by atoms with E-state index in [1.807, 2.05) is 24.3 Å². The maximum Gasteiger partial charge on any atom is 0.343 e. The van der Waals surface area contributed by atoms with Crippen molar-refractivity contribution >= 4 is 35.0 Å². The van der Waals surface area contributed by atoms with E-state index in [1.165, 1.54) is 18.5 Å². The molecule has 1 heterocycles. The van der Waals surface area contributed by atoms with E-state index in [1.54, 1.807) is 14.0 Å². The molecule has 1 aromatic carbocycles. The third-order valence-corrected chi connectivity index (χ3v) is 4.30. The number of hydrogen-bond acceptors (Lipinski definition) is 6. The van der Waals surface area contributed by atoms with Crippen LogP contribution < -0.4 is 10.1 Å². The number of esters is 1. The lowest BCUT2D eigenvalue weighted by atomic mass is 10.1. The molecule has 1 aromatic heterocycles. The van der Waals surface area contributed by atoms with E-state index in [0.717, 1.165) is 11.3 Å². The Morgan fingerprint density at radius 2 is 1.89 bits per heavy atom. The summed E-state index contributed by atoms with van der Waals surface area (Å²) in [4.78, 5) is 28.9. The molecule has 0 aliphatic heterocycles. The van der Waals surface area contributed by atoms with Gasteiger partial charge in [0, 0.05) is 18.9 Å². The van der Waals surface area contributed by atoms with Gasteiger partial charge in [-0.25, -0.2) is 4.79 Å². The predicted molar refractivity (Wildman–Crippen MR) is 103 cm³/mol. The Morgan fingerprint density at radius 3 is 2.52 bits per heavy atom. The van der Waals surface area contributed by atoms with E-state index in [-0.39, 0.29) is 27.9 Å². The Labute approximate surface area is 167 Å². The summed E-state index contributed by atoms with van der Waals surface area (Å²) in [7, 11) is 1.59. The Morgan fingerprint density at radius 1 is 1.19 bits per heavy atom. The van der Waals surface area contributed by atoms with Gasteiger partial charge in [-0.3, -0.25) is 9.78 Å². The minimum atomic E-state index is -0.775. The van der Waals surface area contributed by atoms with Gasteiger partial charge < -0.3 is 14.8 Å². The zero-order valence-corrected chi connectivity index (χ0v) is 16.3. The van der Waals surface area contributed by atoms with Gasteiger partial charge in [0.15, 0.2) is 0 Å². The molecule has 0 saturated heterocycles. The molecule has 0 bridgehead atoms. The average molecular weight is 409 g/mol. The fourth-order valence-electron chi connectivity index (χ4n) is 2.15. The number of nitrogens with one attached hydrogen (secondary N) is 1. The fourth-order valence-corrected chi connectivity index (χ4v) is 2.49. The molecule has 0 amide bonds. The standard InChI is InChI=1S/C19H18Cl2N2O4/c1-3-27-19(25)14(18(24)17-16(21)15(20)8-9-23-17)11-22-10-12-4-6-13(26-2)7-5-12/h4-9,11,22H,3,10H2,1-2H3. The van der Waals surface area contributed by atoms with E-state index in [0.29, 0.717) is 6.54 Å². The first-order valence-electron chi connectivity index (χ1n) is 8.06. The normalized spacial score (nSPS) is 11.0. The summed E-state index contributed by atoms with van der Waals surface area (Å²) in [5.74, 6) is -0.718. The number of Topliss-reactive ketones (excluding diaryl/α,β-unsaturated/α-hetero) is 1. The number of pyridine rings is 1. The van der Waals surface area contributed by atoms with E-state index < -0.39 is 11.8 Å². The van der Waals surface area contributed by atoms with Gasteiger partial charge in [0.05, 0.1) is 23.8 Å². The highest BCUT2D eigenvalue weighted by atomic mass is 35.5. The van der Waals surface area contributed by atoms with Crippen LogP contribution in [0.1, 0.15) is 23.0 Å². The van der Waals surface area contributed by atoms with Crippen LogP contribution in [-0.2, 0) is 16.1 Å². The van der Waals surface area contributed by atoms with Gasteiger partial charge in [-0.1, -0.05) is 35.3 Å². The predicted octanol–water partition coefficient (Wildman–Crippen LogP) is 3.82. The van der Waals surface area contributed by atoms with Crippen molar-refractivity contribution in [1.29, 1.82) is 0 Å². The number of hydrogen-bond donors (Lipinski definition) is 1. The van der Waals surface area contributed by atoms with E-state index in [9.17, 15) is 9.59 Å². The summed E-state index contributed by atoms with van der Waals surface area (Å²) in [6.07, 6.45) is 2.64. The molecule has 8 heteroatoms. The first-order valence-corrected chi connectivity index (χ1v) is 8.81. The van der Waals surface area contributed by atoms with Crippen LogP contribution in [0.4, 0.5) is 0 Å². The summed E-state index contributed by atoms with van der Waals surface area (Å²) in [6, 6.07) is 8.81. The second-order valence-electron chi connectivity index (χ2n) is 5.29. The molecule has 1 N–H and O–H groups in total. The first-order chi connectivity index (χ1) is 13.0. The summed E-state index contributed by atoms with van der Waals surface area (Å²) >= 11 is 12.0. The lowest BCUT2D eigenvalue weighted by molar-refractivity contribution is -0.138. The molecule has 6 nitrogen and oxygen atoms in total. The number of ketones is 1. The molecule has 2 rings (SSSR count). The molecule has 0 saturated carbocycles. The van der Waals surface area contributed by atoms with Gasteiger partial charge in [0.1, 0.15) is 17.0 Å². The molecule has 0 radical (unpaired) electrons. The minimum absolute atomic E-state index is 0.0190. The number of carbonyl (C=O) groups excluding carboxylic acids is 2. The zero-order valence-electron chi connectivity index (χ0n) is 14.8. The largest absolute Gasteiger partial charge is 0.497 e. The van der Waals surface area contributed by atoms with Gasteiger partial charge >= 0.3 is 5.97 Å². The molecule has 0 unspecified atom stereocenters. The van der Waals surface area contributed by atoms with Crippen LogP contribution in [0.5, 0.6) is 5.75 Å². The van der Waals surface area contributed by atoms with Gasteiger partial charge in [0.2, 0.25) is 5.78 Å². The monoisotopic (exact) mass is 408 g/mol. The van der Waals surface area contributed by atoms with Crippen molar-refractivity contribution in [2.24, 2.45) is 0 Å². The quantitative estimate of drug-likeness (QED) is 0.235. The minimum Gasteiger partial charge on any atom is -0.497 e. The van der Waals surface area contributed by atoms with Crippen LogP contribution >= 0.6 is 23.2 Å². The maximum absolute atomic E-state index is 12.7. The number of aromatic nitrogens is 1. The van der Waals surface area contributed by atoms with Gasteiger partial charge in [-0.2, -0.15) is 0 Å². The van der Waals surface area contributed by atoms with Gasteiger partial charge in [-0.15, -0.1) is 0 Å². The second-order valence-corrected chi connectivity index (χ2v) is 6.08. The van der Waals surface area contributed by atoms with Crippen LogP contribution in [0.3, 0.4) is 0 Å². The first kappa shape index (κ1) is 20.7. The molecule has 0 atom stereocenters. The van der Waals surface area contributed by atoms with Crippen molar-refractivity contribution in [2.75, 3.05) is 13.7 Å². The molecule has 142 valence electrons. The molecular formula is C19H18Cl2N2O4. The highest BCUT2D eigenvalue weighted by Gasteiger charge is 2.25. The summed E-state index contributed by atoms with van der Waals surface area (Å²) in [5, 5.41) is 3.09. The van der Waals surface area contributed by atoms with Crippen LogP contribution in [-0.4, -0.2) is 30.5 Å². The maximum atomic E-state index is 12.7. The number of ether oxygens (including phenoxy) is 2. The SMILES string of the molecule is CCOC(=O)C(=CNCc1ccc(OC)cc1)C(=O)c1nccc(Cl)c1Cl. The molecule has 2 aromatic rings. The average Bonchev–Trinajstić information content (AvgIpc) is 2.67. The Hall–Kier alpha value is -2.57. The topological polar surface area (TPSA) is 77.5 Å². The van der Waals surface area contributed by atoms with Crippen molar-refractivity contribution in [2.45, 2.75) is 13.5 Å². The zero-order chi connectivity index (χ0) is 19.8. The molecule has 0 spiro atoms. The van der Waals surface area contributed by atoms with Crippen LogP contribution in [0.2, 0.25) is 10.0 Å². The summed E-state index contributed by atoms with van der Waals surface area (Å²) in [5.41, 5.74) is 0.596. The Balaban J connectivity index is 2.22. The van der Waals surface area contributed by atoms with Gasteiger partial charge in [-0.05, 0) is 30.7 Å². The molecule has 27 heavy (non-hydrogen) atoms. The number of carbonyl (C=O) groups is 2. The van der Waals surface area contributed by atoms with Crippen molar-refractivity contribution < 1.29 is 19.1 Å². The summed E-state index contributed by atoms with van der Waals surface area (Å²) in [6.45, 7) is 2.16. The van der Waals surface area contributed by atoms with Crippen LogP contribution in [0.15, 0.2) is 48.3 Å². The fraction of sp³-hybridized carbons (Fsp3) is 0.211. The van der Waals surface area contributed by atoms with Crippen molar-refractivity contribution in [3.05, 3.63) is 69.6 Å².